The van der Waals surface area contributed by atoms with Crippen LogP contribution in [0.25, 0.3) is 0 Å². The Hall–Kier alpha value is -1.76. The monoisotopic (exact) mass is 238 g/mol. The van der Waals surface area contributed by atoms with Gasteiger partial charge in [-0.3, -0.25) is 10.1 Å². The standard InChI is InChI=1S/C10H14N4O3/c15-7-8-3-1-2-4-13(8)10-11-5-9(6-12-10)14(16)17/h5-6,8,15H,1-4,7H2. The highest BCUT2D eigenvalue weighted by Gasteiger charge is 2.24. The van der Waals surface area contributed by atoms with Crippen molar-refractivity contribution in [2.45, 2.75) is 25.3 Å². The van der Waals surface area contributed by atoms with E-state index in [-0.39, 0.29) is 18.3 Å². The Morgan fingerprint density at radius 1 is 1.47 bits per heavy atom. The van der Waals surface area contributed by atoms with Crippen LogP contribution in [-0.4, -0.2) is 39.2 Å². The van der Waals surface area contributed by atoms with Crippen molar-refractivity contribution in [1.82, 2.24) is 9.97 Å². The van der Waals surface area contributed by atoms with Crippen molar-refractivity contribution < 1.29 is 10.0 Å². The molecule has 0 aliphatic carbocycles. The number of anilines is 1. The summed E-state index contributed by atoms with van der Waals surface area (Å²) in [6.45, 7) is 0.837. The van der Waals surface area contributed by atoms with Crippen molar-refractivity contribution >= 4 is 11.6 Å². The molecule has 1 aromatic rings. The normalized spacial score (nSPS) is 20.3. The fraction of sp³-hybridized carbons (Fsp3) is 0.600. The second-order valence-corrected chi connectivity index (χ2v) is 4.02. The molecule has 1 N–H and O–H groups in total. The first-order valence-corrected chi connectivity index (χ1v) is 5.56. The van der Waals surface area contributed by atoms with E-state index in [0.717, 1.165) is 25.8 Å². The zero-order chi connectivity index (χ0) is 12.3. The van der Waals surface area contributed by atoms with Gasteiger partial charge in [0.1, 0.15) is 12.4 Å². The van der Waals surface area contributed by atoms with E-state index in [2.05, 4.69) is 9.97 Å². The van der Waals surface area contributed by atoms with Crippen LogP contribution in [0.2, 0.25) is 0 Å². The topological polar surface area (TPSA) is 92.4 Å². The second kappa shape index (κ2) is 5.05. The average Bonchev–Trinajstić information content (AvgIpc) is 2.39. The van der Waals surface area contributed by atoms with E-state index in [9.17, 15) is 15.2 Å². The van der Waals surface area contributed by atoms with E-state index in [1.54, 1.807) is 0 Å². The maximum absolute atomic E-state index is 10.5. The van der Waals surface area contributed by atoms with Gasteiger partial charge in [0.25, 0.3) is 0 Å². The molecule has 1 fully saturated rings. The van der Waals surface area contributed by atoms with Gasteiger partial charge in [-0.25, -0.2) is 9.97 Å². The second-order valence-electron chi connectivity index (χ2n) is 4.02. The van der Waals surface area contributed by atoms with Crippen LogP contribution < -0.4 is 4.90 Å². The summed E-state index contributed by atoms with van der Waals surface area (Å²) in [5.41, 5.74) is -0.119. The number of hydrogen-bond donors (Lipinski definition) is 1. The predicted molar refractivity (Wildman–Crippen MR) is 60.8 cm³/mol. The number of nitrogens with zero attached hydrogens (tertiary/aromatic N) is 4. The minimum atomic E-state index is -0.524. The number of aliphatic hydroxyl groups excluding tert-OH is 1. The summed E-state index contributed by atoms with van der Waals surface area (Å²) in [4.78, 5) is 19.8. The summed E-state index contributed by atoms with van der Waals surface area (Å²) in [5, 5.41) is 19.7. The number of piperidine rings is 1. The molecule has 1 atom stereocenters. The number of rotatable bonds is 3. The zero-order valence-electron chi connectivity index (χ0n) is 9.32. The maximum Gasteiger partial charge on any atom is 0.305 e. The average molecular weight is 238 g/mol. The summed E-state index contributed by atoms with van der Waals surface area (Å²) < 4.78 is 0. The summed E-state index contributed by atoms with van der Waals surface area (Å²) in [7, 11) is 0. The van der Waals surface area contributed by atoms with Gasteiger partial charge in [0.2, 0.25) is 5.95 Å². The van der Waals surface area contributed by atoms with Gasteiger partial charge in [-0.15, -0.1) is 0 Å². The Bertz CT molecular complexity index is 395. The lowest BCUT2D eigenvalue weighted by Gasteiger charge is -2.34. The SMILES string of the molecule is O=[N+]([O-])c1cnc(N2CCCCC2CO)nc1. The van der Waals surface area contributed by atoms with Gasteiger partial charge in [0, 0.05) is 6.54 Å². The molecule has 92 valence electrons. The van der Waals surface area contributed by atoms with Crippen LogP contribution in [0.4, 0.5) is 11.6 Å². The van der Waals surface area contributed by atoms with Crippen LogP contribution in [0, 0.1) is 10.1 Å². The van der Waals surface area contributed by atoms with Crippen LogP contribution in [0.3, 0.4) is 0 Å². The number of aromatic nitrogens is 2. The summed E-state index contributed by atoms with van der Waals surface area (Å²) >= 11 is 0. The van der Waals surface area contributed by atoms with Crippen LogP contribution >= 0.6 is 0 Å². The van der Waals surface area contributed by atoms with E-state index in [1.807, 2.05) is 4.90 Å². The lowest BCUT2D eigenvalue weighted by Crippen LogP contribution is -2.42. The van der Waals surface area contributed by atoms with Crippen LogP contribution in [0.5, 0.6) is 0 Å². The van der Waals surface area contributed by atoms with Crippen molar-refractivity contribution in [2.75, 3.05) is 18.1 Å². The van der Waals surface area contributed by atoms with E-state index >= 15 is 0 Å². The van der Waals surface area contributed by atoms with E-state index in [1.165, 1.54) is 12.4 Å². The molecule has 0 aromatic carbocycles. The minimum absolute atomic E-state index is 0.0187. The summed E-state index contributed by atoms with van der Waals surface area (Å²) in [6, 6.07) is 0.0187. The van der Waals surface area contributed by atoms with Crippen LogP contribution in [-0.2, 0) is 0 Å². The molecule has 7 heteroatoms. The molecule has 1 saturated heterocycles. The van der Waals surface area contributed by atoms with Crippen molar-refractivity contribution in [3.63, 3.8) is 0 Å². The van der Waals surface area contributed by atoms with Gasteiger partial charge >= 0.3 is 5.69 Å². The number of aliphatic hydroxyl groups is 1. The van der Waals surface area contributed by atoms with Gasteiger partial charge in [0.05, 0.1) is 17.6 Å². The molecule has 0 spiro atoms. The molecule has 1 unspecified atom stereocenters. The molecule has 2 heterocycles. The number of nitro groups is 1. The van der Waals surface area contributed by atoms with Crippen LogP contribution in [0.15, 0.2) is 12.4 Å². The van der Waals surface area contributed by atoms with E-state index in [0.29, 0.717) is 5.95 Å². The van der Waals surface area contributed by atoms with Gasteiger partial charge in [-0.05, 0) is 19.3 Å². The molecule has 0 bridgehead atoms. The molecule has 17 heavy (non-hydrogen) atoms. The van der Waals surface area contributed by atoms with Gasteiger partial charge < -0.3 is 10.0 Å². The highest BCUT2D eigenvalue weighted by Crippen LogP contribution is 2.21. The van der Waals surface area contributed by atoms with Crippen molar-refractivity contribution in [3.05, 3.63) is 22.5 Å². The highest BCUT2D eigenvalue weighted by molar-refractivity contribution is 5.35. The van der Waals surface area contributed by atoms with E-state index < -0.39 is 4.92 Å². The quantitative estimate of drug-likeness (QED) is 0.616. The smallest absolute Gasteiger partial charge is 0.305 e. The van der Waals surface area contributed by atoms with Crippen LogP contribution in [0.1, 0.15) is 19.3 Å². The Labute approximate surface area is 98.3 Å². The third kappa shape index (κ3) is 2.50. The molecule has 2 rings (SSSR count). The lowest BCUT2D eigenvalue weighted by atomic mass is 10.0. The first kappa shape index (κ1) is 11.7. The highest BCUT2D eigenvalue weighted by atomic mass is 16.6. The molecule has 0 radical (unpaired) electrons. The molecule has 0 amide bonds. The summed E-state index contributed by atoms with van der Waals surface area (Å²) in [6.07, 6.45) is 5.40. The Morgan fingerprint density at radius 2 is 2.18 bits per heavy atom. The Kier molecular flexibility index (Phi) is 3.48. The van der Waals surface area contributed by atoms with Crippen molar-refractivity contribution in [3.8, 4) is 0 Å². The predicted octanol–water partition coefficient (Wildman–Crippen LogP) is 0.736. The van der Waals surface area contributed by atoms with Crippen molar-refractivity contribution in [1.29, 1.82) is 0 Å². The maximum atomic E-state index is 10.5. The molecular formula is C10H14N4O3. The molecule has 7 nitrogen and oxygen atoms in total. The fourth-order valence-electron chi connectivity index (χ4n) is 2.01. The minimum Gasteiger partial charge on any atom is -0.394 e. The first-order valence-electron chi connectivity index (χ1n) is 5.56. The third-order valence-electron chi connectivity index (χ3n) is 2.93. The van der Waals surface area contributed by atoms with Gasteiger partial charge in [0.15, 0.2) is 0 Å². The number of hydrogen-bond acceptors (Lipinski definition) is 6. The van der Waals surface area contributed by atoms with Gasteiger partial charge in [-0.1, -0.05) is 0 Å². The van der Waals surface area contributed by atoms with Gasteiger partial charge in [-0.2, -0.15) is 0 Å². The fourth-order valence-corrected chi connectivity index (χ4v) is 2.01. The Morgan fingerprint density at radius 3 is 2.76 bits per heavy atom. The zero-order valence-corrected chi connectivity index (χ0v) is 9.32. The van der Waals surface area contributed by atoms with E-state index in [4.69, 9.17) is 0 Å². The molecular weight excluding hydrogens is 224 g/mol. The largest absolute Gasteiger partial charge is 0.394 e. The first-order chi connectivity index (χ1) is 8.22. The molecule has 1 aliphatic rings. The lowest BCUT2D eigenvalue weighted by molar-refractivity contribution is -0.385. The Balaban J connectivity index is 2.17. The third-order valence-corrected chi connectivity index (χ3v) is 2.93. The van der Waals surface area contributed by atoms with Crippen molar-refractivity contribution in [2.24, 2.45) is 0 Å². The molecule has 1 aromatic heterocycles. The summed E-state index contributed by atoms with van der Waals surface area (Å²) in [5.74, 6) is 0.453. The molecule has 0 saturated carbocycles. The molecule has 1 aliphatic heterocycles.